The molecule has 0 saturated carbocycles. The molecule has 9 heteroatoms. The molecule has 0 saturated heterocycles. The summed E-state index contributed by atoms with van der Waals surface area (Å²) in [4.78, 5) is 10.9. The number of carbonyl (C=O) groups is 1. The van der Waals surface area contributed by atoms with E-state index in [0.29, 0.717) is 6.42 Å². The Balaban J connectivity index is 4.53. The third-order valence-corrected chi connectivity index (χ3v) is 4.10. The lowest BCUT2D eigenvalue weighted by atomic mass is 10.0. The molecule has 2 atom stereocenters. The van der Waals surface area contributed by atoms with Gasteiger partial charge in [0, 0.05) is 6.42 Å². The molecule has 19 heavy (non-hydrogen) atoms. The second-order valence-corrected chi connectivity index (χ2v) is 6.23. The molecule has 0 unspecified atom stereocenters. The molecule has 0 bridgehead atoms. The van der Waals surface area contributed by atoms with Crippen LogP contribution in [0.25, 0.3) is 0 Å². The number of nitrogens with one attached hydrogen (secondary N) is 1. The summed E-state index contributed by atoms with van der Waals surface area (Å²) in [5.74, 6) is -2.53. The molecule has 0 aromatic heterocycles. The van der Waals surface area contributed by atoms with E-state index in [4.69, 9.17) is 5.11 Å². The third kappa shape index (κ3) is 8.04. The Morgan fingerprint density at radius 3 is 2.26 bits per heavy atom. The molecule has 0 aromatic carbocycles. The number of carboxylic acids is 1. The number of hydrogen-bond donors (Lipinski definition) is 2. The molecule has 0 aliphatic heterocycles. The summed E-state index contributed by atoms with van der Waals surface area (Å²) in [5, 5.41) is 8.89. The second-order valence-electron chi connectivity index (χ2n) is 4.36. The first-order chi connectivity index (χ1) is 8.48. The van der Waals surface area contributed by atoms with Gasteiger partial charge in [-0.05, 0) is 12.3 Å². The first-order valence-electron chi connectivity index (χ1n) is 5.78. The van der Waals surface area contributed by atoms with E-state index in [2.05, 4.69) is 0 Å². The van der Waals surface area contributed by atoms with Gasteiger partial charge in [-0.2, -0.15) is 13.2 Å². The summed E-state index contributed by atoms with van der Waals surface area (Å²) in [6.45, 7) is 3.25. The molecular formula is C10H18F3NO4S. The lowest BCUT2D eigenvalue weighted by molar-refractivity contribution is -0.140. The van der Waals surface area contributed by atoms with E-state index in [9.17, 15) is 26.4 Å². The molecule has 0 rings (SSSR count). The zero-order valence-corrected chi connectivity index (χ0v) is 11.5. The van der Waals surface area contributed by atoms with Crippen molar-refractivity contribution in [2.45, 2.75) is 45.3 Å². The van der Waals surface area contributed by atoms with Gasteiger partial charge in [0.2, 0.25) is 10.0 Å². The Kier molecular flexibility index (Phi) is 6.78. The minimum absolute atomic E-state index is 0.433. The van der Waals surface area contributed by atoms with Gasteiger partial charge >= 0.3 is 12.1 Å². The zero-order valence-electron chi connectivity index (χ0n) is 10.7. The number of alkyl halides is 3. The van der Waals surface area contributed by atoms with Gasteiger partial charge in [-0.25, -0.2) is 13.1 Å². The van der Waals surface area contributed by atoms with Gasteiger partial charge in [-0.1, -0.05) is 20.3 Å². The topological polar surface area (TPSA) is 83.5 Å². The Bertz CT molecular complexity index is 394. The van der Waals surface area contributed by atoms with Crippen LogP contribution in [0, 0.1) is 5.92 Å². The number of carboxylic acid groups (broad SMARTS) is 1. The number of hydrogen-bond acceptors (Lipinski definition) is 3. The van der Waals surface area contributed by atoms with Crippen molar-refractivity contribution in [2.75, 3.05) is 5.75 Å². The van der Waals surface area contributed by atoms with Crippen LogP contribution in [0.5, 0.6) is 0 Å². The molecule has 0 heterocycles. The van der Waals surface area contributed by atoms with Gasteiger partial charge < -0.3 is 5.11 Å². The lowest BCUT2D eigenvalue weighted by Crippen LogP contribution is -2.45. The van der Waals surface area contributed by atoms with E-state index in [0.717, 1.165) is 0 Å². The smallest absolute Gasteiger partial charge is 0.389 e. The molecular weight excluding hydrogens is 287 g/mol. The van der Waals surface area contributed by atoms with Gasteiger partial charge in [-0.15, -0.1) is 0 Å². The summed E-state index contributed by atoms with van der Waals surface area (Å²) < 4.78 is 60.6. The summed E-state index contributed by atoms with van der Waals surface area (Å²) in [6.07, 6.45) is -5.79. The van der Waals surface area contributed by atoms with Crippen LogP contribution in [-0.2, 0) is 14.8 Å². The van der Waals surface area contributed by atoms with E-state index in [-0.39, 0.29) is 0 Å². The SMILES string of the molecule is CC[C@H](C)[C@H](NS(=O)(=O)CCCC(F)(F)F)C(=O)O. The normalized spacial score (nSPS) is 16.1. The fourth-order valence-corrected chi connectivity index (χ4v) is 2.72. The molecule has 5 nitrogen and oxygen atoms in total. The van der Waals surface area contributed by atoms with Gasteiger partial charge in [0.1, 0.15) is 6.04 Å². The molecule has 0 aliphatic rings. The highest BCUT2D eigenvalue weighted by Gasteiger charge is 2.30. The van der Waals surface area contributed by atoms with Gasteiger partial charge in [-0.3, -0.25) is 4.79 Å². The summed E-state index contributed by atoms with van der Waals surface area (Å²) in [7, 11) is -4.03. The molecule has 0 aliphatic carbocycles. The standard InChI is InChI=1S/C10H18F3NO4S/c1-3-7(2)8(9(15)16)14-19(17,18)6-4-5-10(11,12)13/h7-8,14H,3-6H2,1-2H3,(H,15,16)/t7-,8-/m0/s1. The van der Waals surface area contributed by atoms with Crippen molar-refractivity contribution in [1.82, 2.24) is 4.72 Å². The predicted molar refractivity (Wildman–Crippen MR) is 63.1 cm³/mol. The first kappa shape index (κ1) is 18.2. The van der Waals surface area contributed by atoms with Crippen LogP contribution in [0.3, 0.4) is 0 Å². The van der Waals surface area contributed by atoms with E-state index in [1.807, 2.05) is 4.72 Å². The van der Waals surface area contributed by atoms with Crippen LogP contribution >= 0.6 is 0 Å². The average molecular weight is 305 g/mol. The van der Waals surface area contributed by atoms with Crippen LogP contribution in [0.4, 0.5) is 13.2 Å². The van der Waals surface area contributed by atoms with Crippen molar-refractivity contribution in [3.63, 3.8) is 0 Å². The largest absolute Gasteiger partial charge is 0.480 e. The first-order valence-corrected chi connectivity index (χ1v) is 7.43. The van der Waals surface area contributed by atoms with Crippen LogP contribution in [0.15, 0.2) is 0 Å². The predicted octanol–water partition coefficient (Wildman–Crippen LogP) is 1.75. The van der Waals surface area contributed by atoms with E-state index < -0.39 is 52.7 Å². The minimum Gasteiger partial charge on any atom is -0.480 e. The van der Waals surface area contributed by atoms with Crippen molar-refractivity contribution < 1.29 is 31.5 Å². The maximum atomic E-state index is 11.9. The van der Waals surface area contributed by atoms with E-state index in [1.165, 1.54) is 0 Å². The Morgan fingerprint density at radius 2 is 1.89 bits per heavy atom. The summed E-state index contributed by atoms with van der Waals surface area (Å²) in [5.41, 5.74) is 0. The molecule has 0 fully saturated rings. The minimum atomic E-state index is -4.42. The number of halogens is 3. The highest BCUT2D eigenvalue weighted by atomic mass is 32.2. The van der Waals surface area contributed by atoms with Crippen LogP contribution in [-0.4, -0.2) is 37.5 Å². The maximum Gasteiger partial charge on any atom is 0.389 e. The van der Waals surface area contributed by atoms with Crippen molar-refractivity contribution >= 4 is 16.0 Å². The molecule has 0 radical (unpaired) electrons. The fraction of sp³-hybridized carbons (Fsp3) is 0.900. The van der Waals surface area contributed by atoms with Crippen molar-refractivity contribution in [2.24, 2.45) is 5.92 Å². The van der Waals surface area contributed by atoms with E-state index in [1.54, 1.807) is 13.8 Å². The highest BCUT2D eigenvalue weighted by molar-refractivity contribution is 7.89. The van der Waals surface area contributed by atoms with Crippen molar-refractivity contribution in [1.29, 1.82) is 0 Å². The highest BCUT2D eigenvalue weighted by Crippen LogP contribution is 2.21. The maximum absolute atomic E-state index is 11.9. The van der Waals surface area contributed by atoms with Crippen molar-refractivity contribution in [3.8, 4) is 0 Å². The Hall–Kier alpha value is -0.830. The molecule has 114 valence electrons. The van der Waals surface area contributed by atoms with Crippen LogP contribution < -0.4 is 4.72 Å². The van der Waals surface area contributed by atoms with Crippen molar-refractivity contribution in [3.05, 3.63) is 0 Å². The van der Waals surface area contributed by atoms with Crippen LogP contribution in [0.1, 0.15) is 33.1 Å². The quantitative estimate of drug-likeness (QED) is 0.715. The summed E-state index contributed by atoms with van der Waals surface area (Å²) in [6, 6.07) is -1.32. The molecule has 0 amide bonds. The fourth-order valence-electron chi connectivity index (χ4n) is 1.36. The number of rotatable bonds is 8. The lowest BCUT2D eigenvalue weighted by Gasteiger charge is -2.20. The van der Waals surface area contributed by atoms with Gasteiger partial charge in [0.15, 0.2) is 0 Å². The molecule has 0 spiro atoms. The van der Waals surface area contributed by atoms with E-state index >= 15 is 0 Å². The van der Waals surface area contributed by atoms with Gasteiger partial charge in [0.25, 0.3) is 0 Å². The van der Waals surface area contributed by atoms with Gasteiger partial charge in [0.05, 0.1) is 5.75 Å². The molecule has 2 N–H and O–H groups in total. The second kappa shape index (κ2) is 7.09. The Morgan fingerprint density at radius 1 is 1.37 bits per heavy atom. The monoisotopic (exact) mass is 305 g/mol. The number of aliphatic carboxylic acids is 1. The third-order valence-electron chi connectivity index (χ3n) is 2.66. The Labute approximate surface area is 110 Å². The zero-order chi connectivity index (χ0) is 15.3. The summed E-state index contributed by atoms with van der Waals surface area (Å²) >= 11 is 0. The molecule has 0 aromatic rings. The average Bonchev–Trinajstić information content (AvgIpc) is 2.22. The number of sulfonamides is 1. The van der Waals surface area contributed by atoms with Crippen LogP contribution in [0.2, 0.25) is 0 Å².